The van der Waals surface area contributed by atoms with E-state index in [1.807, 2.05) is 0 Å². The standard InChI is InChI=1S/C12H13F2NO5S/c1-11(2,9(16)8-6-4-3-5-7-8)20-21(18,19)12(13,14)10(15)17/h3-7H,1-2H3,(H2,15,17). The first-order valence-electron chi connectivity index (χ1n) is 5.64. The van der Waals surface area contributed by atoms with Crippen LogP contribution in [0.25, 0.3) is 0 Å². The number of rotatable bonds is 6. The van der Waals surface area contributed by atoms with Crippen molar-refractivity contribution in [2.75, 3.05) is 0 Å². The molecule has 0 spiro atoms. The molecule has 0 heterocycles. The number of amides is 1. The molecule has 0 saturated heterocycles. The van der Waals surface area contributed by atoms with Crippen LogP contribution in [-0.2, 0) is 19.1 Å². The number of alkyl halides is 2. The van der Waals surface area contributed by atoms with Gasteiger partial charge < -0.3 is 5.73 Å². The third-order valence-corrected chi connectivity index (χ3v) is 3.97. The van der Waals surface area contributed by atoms with E-state index in [0.717, 1.165) is 13.8 Å². The van der Waals surface area contributed by atoms with Crippen LogP contribution in [0.15, 0.2) is 30.3 Å². The third kappa shape index (κ3) is 3.42. The highest BCUT2D eigenvalue weighted by molar-refractivity contribution is 7.88. The minimum absolute atomic E-state index is 0.0695. The minimum Gasteiger partial charge on any atom is -0.363 e. The molecule has 0 atom stereocenters. The first-order chi connectivity index (χ1) is 9.42. The van der Waals surface area contributed by atoms with Gasteiger partial charge in [-0.3, -0.25) is 13.8 Å². The van der Waals surface area contributed by atoms with Crippen molar-refractivity contribution in [3.8, 4) is 0 Å². The second-order valence-electron chi connectivity index (χ2n) is 4.62. The summed E-state index contributed by atoms with van der Waals surface area (Å²) in [5.41, 5.74) is 2.27. The van der Waals surface area contributed by atoms with Crippen LogP contribution >= 0.6 is 0 Å². The summed E-state index contributed by atoms with van der Waals surface area (Å²) in [7, 11) is -5.70. The zero-order chi connectivity index (χ0) is 16.5. The summed E-state index contributed by atoms with van der Waals surface area (Å²) in [6, 6.07) is 7.37. The number of ketones is 1. The normalized spacial score (nSPS) is 13.0. The Bertz CT molecular complexity index is 655. The van der Waals surface area contributed by atoms with Crippen molar-refractivity contribution in [3.63, 3.8) is 0 Å². The number of nitrogens with two attached hydrogens (primary N) is 1. The summed E-state index contributed by atoms with van der Waals surface area (Å²) < 4.78 is 53.5. The van der Waals surface area contributed by atoms with Gasteiger partial charge in [-0.05, 0) is 13.8 Å². The molecule has 1 amide bonds. The van der Waals surface area contributed by atoms with E-state index in [1.54, 1.807) is 6.07 Å². The predicted octanol–water partition coefficient (Wildman–Crippen LogP) is 1.07. The molecule has 0 saturated carbocycles. The second-order valence-corrected chi connectivity index (χ2v) is 6.21. The van der Waals surface area contributed by atoms with E-state index in [-0.39, 0.29) is 5.56 Å². The molecule has 21 heavy (non-hydrogen) atoms. The van der Waals surface area contributed by atoms with Crippen molar-refractivity contribution >= 4 is 21.8 Å². The van der Waals surface area contributed by atoms with Crippen molar-refractivity contribution in [2.45, 2.75) is 24.7 Å². The fourth-order valence-corrected chi connectivity index (χ4v) is 2.40. The van der Waals surface area contributed by atoms with Crippen LogP contribution in [0.5, 0.6) is 0 Å². The predicted molar refractivity (Wildman–Crippen MR) is 69.0 cm³/mol. The van der Waals surface area contributed by atoms with E-state index in [9.17, 15) is 26.8 Å². The third-order valence-electron chi connectivity index (χ3n) is 2.50. The molecule has 116 valence electrons. The van der Waals surface area contributed by atoms with Gasteiger partial charge in [-0.25, -0.2) is 0 Å². The number of benzene rings is 1. The molecule has 0 aliphatic carbocycles. The van der Waals surface area contributed by atoms with Crippen molar-refractivity contribution < 1.29 is 31.0 Å². The first kappa shape index (κ1) is 17.2. The molecule has 0 unspecified atom stereocenters. The zero-order valence-corrected chi connectivity index (χ0v) is 12.0. The lowest BCUT2D eigenvalue weighted by atomic mass is 9.97. The summed E-state index contributed by atoms with van der Waals surface area (Å²) in [4.78, 5) is 22.6. The molecule has 6 nitrogen and oxygen atoms in total. The Morgan fingerprint density at radius 3 is 2.05 bits per heavy atom. The number of halogens is 2. The van der Waals surface area contributed by atoms with Crippen molar-refractivity contribution in [2.24, 2.45) is 5.73 Å². The Morgan fingerprint density at radius 2 is 1.62 bits per heavy atom. The fraction of sp³-hybridized carbons (Fsp3) is 0.333. The van der Waals surface area contributed by atoms with Crippen molar-refractivity contribution in [1.82, 2.24) is 0 Å². The van der Waals surface area contributed by atoms with Crippen molar-refractivity contribution in [3.05, 3.63) is 35.9 Å². The van der Waals surface area contributed by atoms with E-state index in [0.29, 0.717) is 0 Å². The Kier molecular flexibility index (Phi) is 4.49. The van der Waals surface area contributed by atoms with E-state index in [4.69, 9.17) is 0 Å². The highest BCUT2D eigenvalue weighted by Crippen LogP contribution is 2.29. The average molecular weight is 321 g/mol. The maximum Gasteiger partial charge on any atom is 0.446 e. The summed E-state index contributed by atoms with van der Waals surface area (Å²) in [6.07, 6.45) is 0. The summed E-state index contributed by atoms with van der Waals surface area (Å²) in [6.45, 7) is 1.99. The van der Waals surface area contributed by atoms with Gasteiger partial charge in [0.05, 0.1) is 0 Å². The van der Waals surface area contributed by atoms with Crippen LogP contribution in [0.2, 0.25) is 0 Å². The topological polar surface area (TPSA) is 104 Å². The van der Waals surface area contributed by atoms with Crippen LogP contribution in [0.1, 0.15) is 24.2 Å². The quantitative estimate of drug-likeness (QED) is 0.623. The van der Waals surface area contributed by atoms with Crippen LogP contribution in [-0.4, -0.2) is 31.0 Å². The molecule has 1 aromatic carbocycles. The van der Waals surface area contributed by atoms with Gasteiger partial charge in [-0.1, -0.05) is 30.3 Å². The fourth-order valence-electron chi connectivity index (χ4n) is 1.42. The monoisotopic (exact) mass is 321 g/mol. The van der Waals surface area contributed by atoms with Gasteiger partial charge in [0.25, 0.3) is 0 Å². The molecular weight excluding hydrogens is 308 g/mol. The molecule has 0 aliphatic rings. The Hall–Kier alpha value is -1.87. The minimum atomic E-state index is -5.70. The SMILES string of the molecule is CC(C)(OS(=O)(=O)C(F)(F)C(N)=O)C(=O)c1ccccc1. The highest BCUT2D eigenvalue weighted by atomic mass is 32.2. The van der Waals surface area contributed by atoms with Gasteiger partial charge in [0.15, 0.2) is 5.78 Å². The molecule has 2 N–H and O–H groups in total. The Morgan fingerprint density at radius 1 is 1.14 bits per heavy atom. The van der Waals surface area contributed by atoms with Gasteiger partial charge in [-0.15, -0.1) is 0 Å². The number of hydrogen-bond donors (Lipinski definition) is 1. The lowest BCUT2D eigenvalue weighted by molar-refractivity contribution is -0.133. The second kappa shape index (κ2) is 5.49. The first-order valence-corrected chi connectivity index (χ1v) is 7.05. The van der Waals surface area contributed by atoms with E-state index in [2.05, 4.69) is 9.92 Å². The van der Waals surface area contributed by atoms with Crippen LogP contribution in [0, 0.1) is 0 Å². The number of hydrogen-bond acceptors (Lipinski definition) is 5. The highest BCUT2D eigenvalue weighted by Gasteiger charge is 2.55. The molecule has 0 bridgehead atoms. The number of carbonyl (C=O) groups excluding carboxylic acids is 2. The van der Waals surface area contributed by atoms with E-state index >= 15 is 0 Å². The smallest absolute Gasteiger partial charge is 0.363 e. The molecule has 0 fully saturated rings. The summed E-state index contributed by atoms with van der Waals surface area (Å²) in [5.74, 6) is -3.22. The van der Waals surface area contributed by atoms with E-state index < -0.39 is 32.7 Å². The Balaban J connectivity index is 3.11. The van der Waals surface area contributed by atoms with E-state index in [1.165, 1.54) is 24.3 Å². The van der Waals surface area contributed by atoms with Crippen LogP contribution in [0.3, 0.4) is 0 Å². The van der Waals surface area contributed by atoms with Crippen LogP contribution < -0.4 is 5.73 Å². The molecule has 1 aromatic rings. The maximum atomic E-state index is 13.2. The molecule has 0 aromatic heterocycles. The van der Waals surface area contributed by atoms with Gasteiger partial charge in [-0.2, -0.15) is 17.2 Å². The number of carbonyl (C=O) groups is 2. The van der Waals surface area contributed by atoms with Gasteiger partial charge in [0.2, 0.25) is 0 Å². The molecule has 0 radical (unpaired) electrons. The van der Waals surface area contributed by atoms with Crippen LogP contribution in [0.4, 0.5) is 8.78 Å². The lowest BCUT2D eigenvalue weighted by Crippen LogP contribution is -2.48. The summed E-state index contributed by atoms with van der Waals surface area (Å²) in [5, 5.41) is -4.93. The molecule has 1 rings (SSSR count). The lowest BCUT2D eigenvalue weighted by Gasteiger charge is -2.25. The molecule has 9 heteroatoms. The maximum absolute atomic E-state index is 13.2. The van der Waals surface area contributed by atoms with Crippen molar-refractivity contribution in [1.29, 1.82) is 0 Å². The number of primary amides is 1. The van der Waals surface area contributed by atoms with Gasteiger partial charge in [0.1, 0.15) is 5.60 Å². The molecule has 0 aliphatic heterocycles. The largest absolute Gasteiger partial charge is 0.446 e. The van der Waals surface area contributed by atoms with Gasteiger partial charge >= 0.3 is 21.3 Å². The number of Topliss-reactive ketones (excluding diaryl/α,β-unsaturated/α-hetero) is 1. The molecular formula is C12H13F2NO5S. The summed E-state index contributed by atoms with van der Waals surface area (Å²) >= 11 is 0. The Labute approximate surface area is 120 Å². The average Bonchev–Trinajstić information content (AvgIpc) is 2.37. The zero-order valence-electron chi connectivity index (χ0n) is 11.2. The van der Waals surface area contributed by atoms with Gasteiger partial charge in [0, 0.05) is 5.56 Å².